The second-order valence-electron chi connectivity index (χ2n) is 6.16. The second-order valence-corrected chi connectivity index (χ2v) is 6.16. The molecule has 0 unspecified atom stereocenters. The fourth-order valence-corrected chi connectivity index (χ4v) is 2.68. The molecule has 7 heteroatoms. The topological polar surface area (TPSA) is 113 Å². The zero-order valence-corrected chi connectivity index (χ0v) is 13.2. The number of carbonyl (C=O) groups is 1. The van der Waals surface area contributed by atoms with Crippen molar-refractivity contribution in [3.63, 3.8) is 0 Å². The van der Waals surface area contributed by atoms with Gasteiger partial charge in [-0.05, 0) is 45.4 Å². The highest BCUT2D eigenvalue weighted by atomic mass is 16.3. The van der Waals surface area contributed by atoms with E-state index in [-0.39, 0.29) is 18.7 Å². The molecule has 22 heavy (non-hydrogen) atoms. The maximum absolute atomic E-state index is 11.5. The summed E-state index contributed by atoms with van der Waals surface area (Å²) in [4.78, 5) is 20.1. The van der Waals surface area contributed by atoms with E-state index in [1.54, 1.807) is 0 Å². The first kappa shape index (κ1) is 16.5. The fourth-order valence-electron chi connectivity index (χ4n) is 2.68. The zero-order chi connectivity index (χ0) is 16.1. The Morgan fingerprint density at radius 2 is 2.09 bits per heavy atom. The molecule has 122 valence electrons. The minimum absolute atomic E-state index is 0.201. The van der Waals surface area contributed by atoms with Gasteiger partial charge < -0.3 is 21.5 Å². The van der Waals surface area contributed by atoms with Gasteiger partial charge in [0.1, 0.15) is 5.82 Å². The van der Waals surface area contributed by atoms with E-state index >= 15 is 0 Å². The number of nitrogens with one attached hydrogen (secondary N) is 2. The monoisotopic (exact) mass is 307 g/mol. The van der Waals surface area contributed by atoms with E-state index in [1.165, 1.54) is 6.20 Å². The lowest BCUT2D eigenvalue weighted by atomic mass is 9.86. The summed E-state index contributed by atoms with van der Waals surface area (Å²) in [6, 6.07) is 0.440. The Kier molecular flexibility index (Phi) is 5.54. The van der Waals surface area contributed by atoms with Crippen molar-refractivity contribution in [2.45, 2.75) is 51.6 Å². The van der Waals surface area contributed by atoms with E-state index in [2.05, 4.69) is 20.6 Å². The van der Waals surface area contributed by atoms with Crippen molar-refractivity contribution < 1.29 is 9.90 Å². The lowest BCUT2D eigenvalue weighted by Crippen LogP contribution is -2.29. The maximum Gasteiger partial charge on any atom is 0.254 e. The highest BCUT2D eigenvalue weighted by Gasteiger charge is 2.22. The molecule has 1 fully saturated rings. The number of amides is 1. The van der Waals surface area contributed by atoms with Crippen LogP contribution in [0.2, 0.25) is 0 Å². The number of hydrogen-bond donors (Lipinski definition) is 4. The van der Waals surface area contributed by atoms with Crippen LogP contribution in [-0.4, -0.2) is 39.7 Å². The first-order valence-electron chi connectivity index (χ1n) is 7.80. The molecular weight excluding hydrogens is 282 g/mol. The molecule has 0 radical (unpaired) electrons. The summed E-state index contributed by atoms with van der Waals surface area (Å²) >= 11 is 0. The lowest BCUT2D eigenvalue weighted by Gasteiger charge is -2.28. The van der Waals surface area contributed by atoms with Crippen LogP contribution < -0.4 is 16.4 Å². The van der Waals surface area contributed by atoms with Crippen molar-refractivity contribution in [1.29, 1.82) is 0 Å². The third-order valence-electron chi connectivity index (χ3n) is 3.92. The van der Waals surface area contributed by atoms with Gasteiger partial charge in [-0.3, -0.25) is 4.79 Å². The summed E-state index contributed by atoms with van der Waals surface area (Å²) in [5.74, 6) is 0.810. The standard InChI is InChI=1S/C15H25N5O2/c1-9(2)18-15-17-7-12(13(16)22)14(20-15)19-11-5-3-10(8-21)4-6-11/h7,9-11,21H,3-6,8H2,1-2H3,(H2,16,22)(H2,17,18,19,20). The number of aliphatic hydroxyl groups is 1. The van der Waals surface area contributed by atoms with Crippen LogP contribution in [-0.2, 0) is 0 Å². The van der Waals surface area contributed by atoms with Crippen molar-refractivity contribution >= 4 is 17.7 Å². The molecule has 1 amide bonds. The van der Waals surface area contributed by atoms with Gasteiger partial charge in [0.2, 0.25) is 5.95 Å². The van der Waals surface area contributed by atoms with Gasteiger partial charge in [0.05, 0.1) is 5.56 Å². The number of nitrogens with two attached hydrogens (primary N) is 1. The minimum atomic E-state index is -0.539. The van der Waals surface area contributed by atoms with E-state index in [0.717, 1.165) is 25.7 Å². The molecule has 5 N–H and O–H groups in total. The molecule has 0 aliphatic heterocycles. The van der Waals surface area contributed by atoms with Crippen molar-refractivity contribution in [1.82, 2.24) is 9.97 Å². The highest BCUT2D eigenvalue weighted by molar-refractivity contribution is 5.97. The molecule has 1 heterocycles. The van der Waals surface area contributed by atoms with Crippen molar-refractivity contribution in [2.75, 3.05) is 17.2 Å². The van der Waals surface area contributed by atoms with E-state index in [1.807, 2.05) is 13.8 Å². The Morgan fingerprint density at radius 1 is 1.41 bits per heavy atom. The van der Waals surface area contributed by atoms with Crippen molar-refractivity contribution in [2.24, 2.45) is 11.7 Å². The Bertz CT molecular complexity index is 513. The van der Waals surface area contributed by atoms with Crippen LogP contribution in [0, 0.1) is 5.92 Å². The third-order valence-corrected chi connectivity index (χ3v) is 3.92. The van der Waals surface area contributed by atoms with Gasteiger partial charge >= 0.3 is 0 Å². The average molecular weight is 307 g/mol. The number of aromatic nitrogens is 2. The number of hydrogen-bond acceptors (Lipinski definition) is 6. The summed E-state index contributed by atoms with van der Waals surface area (Å²) in [5, 5.41) is 15.6. The second kappa shape index (κ2) is 7.40. The minimum Gasteiger partial charge on any atom is -0.396 e. The highest BCUT2D eigenvalue weighted by Crippen LogP contribution is 2.27. The molecule has 0 spiro atoms. The van der Waals surface area contributed by atoms with E-state index in [4.69, 9.17) is 5.73 Å². The molecule has 1 aromatic rings. The van der Waals surface area contributed by atoms with Crippen molar-refractivity contribution in [3.8, 4) is 0 Å². The molecule has 1 aliphatic rings. The molecule has 2 rings (SSSR count). The number of primary amides is 1. The van der Waals surface area contributed by atoms with E-state index in [0.29, 0.717) is 23.2 Å². The van der Waals surface area contributed by atoms with Crippen LogP contribution in [0.1, 0.15) is 49.9 Å². The van der Waals surface area contributed by atoms with E-state index < -0.39 is 5.91 Å². The van der Waals surface area contributed by atoms with E-state index in [9.17, 15) is 9.90 Å². The SMILES string of the molecule is CC(C)Nc1ncc(C(N)=O)c(NC2CCC(CO)CC2)n1. The van der Waals surface area contributed by atoms with Gasteiger partial charge in [-0.1, -0.05) is 0 Å². The van der Waals surface area contributed by atoms with Crippen LogP contribution in [0.15, 0.2) is 6.20 Å². The van der Waals surface area contributed by atoms with Gasteiger partial charge in [0, 0.05) is 24.9 Å². The van der Waals surface area contributed by atoms with Gasteiger partial charge in [0.15, 0.2) is 0 Å². The molecular formula is C15H25N5O2. The van der Waals surface area contributed by atoms with Gasteiger partial charge in [0.25, 0.3) is 5.91 Å². The molecule has 1 saturated carbocycles. The predicted molar refractivity (Wildman–Crippen MR) is 85.8 cm³/mol. The number of anilines is 2. The Balaban J connectivity index is 2.11. The lowest BCUT2D eigenvalue weighted by molar-refractivity contribution is 0.100. The van der Waals surface area contributed by atoms with Crippen LogP contribution >= 0.6 is 0 Å². The van der Waals surface area contributed by atoms with Gasteiger partial charge in [-0.25, -0.2) is 4.98 Å². The van der Waals surface area contributed by atoms with Crippen LogP contribution in [0.4, 0.5) is 11.8 Å². The van der Waals surface area contributed by atoms with Crippen LogP contribution in [0.3, 0.4) is 0 Å². The van der Waals surface area contributed by atoms with Crippen LogP contribution in [0.5, 0.6) is 0 Å². The predicted octanol–water partition coefficient (Wildman–Crippen LogP) is 1.36. The number of rotatable bonds is 6. The number of carbonyl (C=O) groups excluding carboxylic acids is 1. The Morgan fingerprint density at radius 3 is 2.64 bits per heavy atom. The summed E-state index contributed by atoms with van der Waals surface area (Å²) in [6.07, 6.45) is 5.30. The van der Waals surface area contributed by atoms with Gasteiger partial charge in [-0.2, -0.15) is 4.98 Å². The average Bonchev–Trinajstić information content (AvgIpc) is 2.47. The first-order valence-corrected chi connectivity index (χ1v) is 7.80. The molecule has 0 bridgehead atoms. The third kappa shape index (κ3) is 4.30. The normalized spacial score (nSPS) is 21.6. The zero-order valence-electron chi connectivity index (χ0n) is 13.2. The molecule has 7 nitrogen and oxygen atoms in total. The number of aliphatic hydroxyl groups excluding tert-OH is 1. The quantitative estimate of drug-likeness (QED) is 0.631. The smallest absolute Gasteiger partial charge is 0.254 e. The molecule has 0 atom stereocenters. The fraction of sp³-hybridized carbons (Fsp3) is 0.667. The van der Waals surface area contributed by atoms with Gasteiger partial charge in [-0.15, -0.1) is 0 Å². The number of nitrogens with zero attached hydrogens (tertiary/aromatic N) is 2. The molecule has 0 aromatic carbocycles. The summed E-state index contributed by atoms with van der Waals surface area (Å²) in [7, 11) is 0. The van der Waals surface area contributed by atoms with Crippen LogP contribution in [0.25, 0.3) is 0 Å². The summed E-state index contributed by atoms with van der Waals surface area (Å²) in [5.41, 5.74) is 5.71. The first-order chi connectivity index (χ1) is 10.5. The summed E-state index contributed by atoms with van der Waals surface area (Å²) < 4.78 is 0. The Labute approximate surface area is 130 Å². The molecule has 0 saturated heterocycles. The molecule has 1 aliphatic carbocycles. The largest absolute Gasteiger partial charge is 0.396 e. The molecule has 1 aromatic heterocycles. The Hall–Kier alpha value is -1.89. The summed E-state index contributed by atoms with van der Waals surface area (Å²) in [6.45, 7) is 4.23. The maximum atomic E-state index is 11.5. The van der Waals surface area contributed by atoms with Crippen molar-refractivity contribution in [3.05, 3.63) is 11.8 Å².